The number of phenolic OH excluding ortho intramolecular Hbond substituents is 1. The number of hydrogen-bond acceptors (Lipinski definition) is 6. The third kappa shape index (κ3) is 5.48. The van der Waals surface area contributed by atoms with Crippen molar-refractivity contribution in [3.63, 3.8) is 0 Å². The van der Waals surface area contributed by atoms with Crippen LogP contribution in [-0.4, -0.2) is 70.7 Å². The van der Waals surface area contributed by atoms with Crippen molar-refractivity contribution in [2.45, 2.75) is 13.0 Å². The standard InChI is InChI=1S/C30H31ClN4O4/c1-4-28(37)34-16-19(17-34)18-35-27-15-25(31)24(23-13-21(36)12-20-8-5-6-9-22(20)23)14-26(27)32-29(30(35)38)39-11-7-10-33(2)3/h4-6,8-9,12-15,19,36H,1,7,10-11,16-18H2,2-3H3. The Hall–Kier alpha value is -3.88. The van der Waals surface area contributed by atoms with Crippen LogP contribution in [0.2, 0.25) is 5.02 Å². The van der Waals surface area contributed by atoms with Gasteiger partial charge in [-0.25, -0.2) is 4.98 Å². The highest BCUT2D eigenvalue weighted by Crippen LogP contribution is 2.38. The highest BCUT2D eigenvalue weighted by Gasteiger charge is 2.30. The molecule has 1 aliphatic heterocycles. The number of rotatable bonds is 9. The average molecular weight is 547 g/mol. The molecule has 1 aromatic heterocycles. The Bertz CT molecular complexity index is 1630. The summed E-state index contributed by atoms with van der Waals surface area (Å²) in [6.45, 7) is 6.21. The lowest BCUT2D eigenvalue weighted by Gasteiger charge is -2.39. The monoisotopic (exact) mass is 546 g/mol. The van der Waals surface area contributed by atoms with Crippen LogP contribution in [0, 0.1) is 5.92 Å². The summed E-state index contributed by atoms with van der Waals surface area (Å²) < 4.78 is 7.54. The molecule has 0 atom stereocenters. The Morgan fingerprint density at radius 1 is 1.21 bits per heavy atom. The molecule has 1 amide bonds. The molecule has 0 unspecified atom stereocenters. The molecule has 0 saturated carbocycles. The van der Waals surface area contributed by atoms with Gasteiger partial charge in [-0.2, -0.15) is 0 Å². The molecule has 8 nitrogen and oxygen atoms in total. The number of benzene rings is 3. The summed E-state index contributed by atoms with van der Waals surface area (Å²) in [5, 5.41) is 12.7. The Labute approximate surface area is 231 Å². The first-order valence-corrected chi connectivity index (χ1v) is 13.3. The molecule has 1 N–H and O–H groups in total. The van der Waals surface area contributed by atoms with E-state index in [0.717, 1.165) is 29.3 Å². The van der Waals surface area contributed by atoms with Gasteiger partial charge in [0.2, 0.25) is 5.91 Å². The second-order valence-corrected chi connectivity index (χ2v) is 10.6. The normalized spacial score (nSPS) is 13.7. The summed E-state index contributed by atoms with van der Waals surface area (Å²) in [6.07, 6.45) is 2.05. The zero-order valence-corrected chi connectivity index (χ0v) is 22.8. The number of amides is 1. The van der Waals surface area contributed by atoms with Gasteiger partial charge < -0.3 is 24.2 Å². The maximum Gasteiger partial charge on any atom is 0.313 e. The Kier molecular flexibility index (Phi) is 7.59. The predicted molar refractivity (Wildman–Crippen MR) is 155 cm³/mol. The maximum absolute atomic E-state index is 13.5. The number of halogens is 1. The SMILES string of the molecule is C=CC(=O)N1CC(Cn2c(=O)c(OCCCN(C)C)nc3cc(-c4cc(O)cc5ccccc45)c(Cl)cc32)C1. The first kappa shape index (κ1) is 26.7. The van der Waals surface area contributed by atoms with E-state index >= 15 is 0 Å². The molecule has 3 aromatic carbocycles. The lowest BCUT2D eigenvalue weighted by Crippen LogP contribution is -2.51. The van der Waals surface area contributed by atoms with Crippen LogP contribution in [0.15, 0.2) is 66.0 Å². The van der Waals surface area contributed by atoms with E-state index in [1.807, 2.05) is 44.4 Å². The van der Waals surface area contributed by atoms with Gasteiger partial charge in [0.15, 0.2) is 0 Å². The third-order valence-corrected chi connectivity index (χ3v) is 7.33. The van der Waals surface area contributed by atoms with E-state index in [1.165, 1.54) is 6.08 Å². The molecule has 39 heavy (non-hydrogen) atoms. The summed E-state index contributed by atoms with van der Waals surface area (Å²) in [6, 6.07) is 14.8. The van der Waals surface area contributed by atoms with Crippen molar-refractivity contribution in [1.29, 1.82) is 0 Å². The lowest BCUT2D eigenvalue weighted by molar-refractivity contribution is -0.132. The van der Waals surface area contributed by atoms with Gasteiger partial charge in [-0.05, 0) is 67.2 Å². The number of ether oxygens (including phenoxy) is 1. The van der Waals surface area contributed by atoms with E-state index in [2.05, 4.69) is 16.5 Å². The van der Waals surface area contributed by atoms with E-state index < -0.39 is 0 Å². The maximum atomic E-state index is 13.5. The second kappa shape index (κ2) is 11.1. The number of nitrogens with zero attached hydrogens (tertiary/aromatic N) is 4. The summed E-state index contributed by atoms with van der Waals surface area (Å²) in [5.41, 5.74) is 2.28. The number of hydrogen-bond donors (Lipinski definition) is 1. The van der Waals surface area contributed by atoms with Gasteiger partial charge in [-0.3, -0.25) is 9.59 Å². The number of phenols is 1. The van der Waals surface area contributed by atoms with Gasteiger partial charge in [-0.15, -0.1) is 0 Å². The molecule has 1 aliphatic rings. The van der Waals surface area contributed by atoms with Crippen LogP contribution >= 0.6 is 11.6 Å². The molecule has 0 bridgehead atoms. The van der Waals surface area contributed by atoms with E-state index in [-0.39, 0.29) is 29.0 Å². The van der Waals surface area contributed by atoms with Crippen LogP contribution in [0.25, 0.3) is 32.9 Å². The van der Waals surface area contributed by atoms with Crippen LogP contribution in [0.3, 0.4) is 0 Å². The fraction of sp³-hybridized carbons (Fsp3) is 0.300. The van der Waals surface area contributed by atoms with E-state index in [9.17, 15) is 14.7 Å². The molecule has 202 valence electrons. The molecule has 5 rings (SSSR count). The van der Waals surface area contributed by atoms with Crippen molar-refractivity contribution < 1.29 is 14.6 Å². The molecule has 0 aliphatic carbocycles. The highest BCUT2D eigenvalue weighted by atomic mass is 35.5. The quantitative estimate of drug-likeness (QED) is 0.245. The zero-order valence-electron chi connectivity index (χ0n) is 22.1. The number of aromatic nitrogens is 2. The molecule has 1 saturated heterocycles. The fourth-order valence-corrected chi connectivity index (χ4v) is 5.30. The molecule has 9 heteroatoms. The number of carbonyl (C=O) groups excluding carboxylic acids is 1. The van der Waals surface area contributed by atoms with Gasteiger partial charge in [0.05, 0.1) is 22.7 Å². The van der Waals surface area contributed by atoms with Gasteiger partial charge in [0, 0.05) is 37.7 Å². The van der Waals surface area contributed by atoms with Crippen molar-refractivity contribution in [1.82, 2.24) is 19.4 Å². The van der Waals surface area contributed by atoms with E-state index in [1.54, 1.807) is 27.7 Å². The zero-order chi connectivity index (χ0) is 27.7. The second-order valence-electron chi connectivity index (χ2n) is 10.2. The largest absolute Gasteiger partial charge is 0.508 e. The van der Waals surface area contributed by atoms with Crippen LogP contribution in [0.4, 0.5) is 0 Å². The smallest absolute Gasteiger partial charge is 0.313 e. The van der Waals surface area contributed by atoms with Gasteiger partial charge in [-0.1, -0.05) is 42.4 Å². The van der Waals surface area contributed by atoms with Gasteiger partial charge >= 0.3 is 5.56 Å². The molecule has 0 radical (unpaired) electrons. The average Bonchev–Trinajstić information content (AvgIpc) is 2.88. The predicted octanol–water partition coefficient (Wildman–Crippen LogP) is 4.55. The van der Waals surface area contributed by atoms with E-state index in [0.29, 0.717) is 47.9 Å². The summed E-state index contributed by atoms with van der Waals surface area (Å²) in [4.78, 5) is 33.8. The van der Waals surface area contributed by atoms with E-state index in [4.69, 9.17) is 16.3 Å². The lowest BCUT2D eigenvalue weighted by atomic mass is 9.97. The Morgan fingerprint density at radius 2 is 1.97 bits per heavy atom. The topological polar surface area (TPSA) is 87.9 Å². The highest BCUT2D eigenvalue weighted by molar-refractivity contribution is 6.34. The molecule has 0 spiro atoms. The van der Waals surface area contributed by atoms with Crippen molar-refractivity contribution >= 4 is 39.3 Å². The summed E-state index contributed by atoms with van der Waals surface area (Å²) in [7, 11) is 3.97. The minimum Gasteiger partial charge on any atom is -0.508 e. The van der Waals surface area contributed by atoms with Crippen LogP contribution in [0.1, 0.15) is 6.42 Å². The fourth-order valence-electron chi connectivity index (χ4n) is 5.04. The Balaban J connectivity index is 1.59. The minimum atomic E-state index is -0.326. The number of likely N-dealkylation sites (tertiary alicyclic amines) is 1. The van der Waals surface area contributed by atoms with Crippen molar-refractivity contribution in [3.05, 3.63) is 76.6 Å². The molecule has 2 heterocycles. The minimum absolute atomic E-state index is 0.0358. The number of fused-ring (bicyclic) bond motifs is 2. The number of carbonyl (C=O) groups is 1. The van der Waals surface area contributed by atoms with Crippen LogP contribution < -0.4 is 10.3 Å². The van der Waals surface area contributed by atoms with Crippen molar-refractivity contribution in [3.8, 4) is 22.8 Å². The summed E-state index contributed by atoms with van der Waals surface area (Å²) >= 11 is 6.83. The van der Waals surface area contributed by atoms with Gasteiger partial charge in [0.1, 0.15) is 5.75 Å². The van der Waals surface area contributed by atoms with Crippen molar-refractivity contribution in [2.24, 2.45) is 5.92 Å². The third-order valence-electron chi connectivity index (χ3n) is 7.01. The molecule has 4 aromatic rings. The Morgan fingerprint density at radius 3 is 2.72 bits per heavy atom. The summed E-state index contributed by atoms with van der Waals surface area (Å²) in [5.74, 6) is 0.154. The molecular weight excluding hydrogens is 516 g/mol. The van der Waals surface area contributed by atoms with Crippen LogP contribution in [0.5, 0.6) is 11.6 Å². The van der Waals surface area contributed by atoms with Crippen molar-refractivity contribution in [2.75, 3.05) is 40.3 Å². The first-order chi connectivity index (χ1) is 18.7. The number of aromatic hydroxyl groups is 1. The molecular formula is C30H31ClN4O4. The molecule has 1 fully saturated rings. The first-order valence-electron chi connectivity index (χ1n) is 12.9. The van der Waals surface area contributed by atoms with Crippen LogP contribution in [-0.2, 0) is 11.3 Å². The van der Waals surface area contributed by atoms with Gasteiger partial charge in [0.25, 0.3) is 5.88 Å².